The quantitative estimate of drug-likeness (QED) is 0.652. The summed E-state index contributed by atoms with van der Waals surface area (Å²) in [5, 5.41) is 8.39. The first-order valence-electron chi connectivity index (χ1n) is 5.55. The highest BCUT2D eigenvalue weighted by molar-refractivity contribution is 6.35. The van der Waals surface area contributed by atoms with E-state index in [1.54, 1.807) is 36.4 Å². The molecule has 3 N–H and O–H groups in total. The smallest absolute Gasteiger partial charge is 0.146 e. The van der Waals surface area contributed by atoms with E-state index in [-0.39, 0.29) is 5.84 Å². The van der Waals surface area contributed by atoms with Crippen molar-refractivity contribution in [2.45, 2.75) is 6.92 Å². The normalized spacial score (nSPS) is 10.3. The second kappa shape index (κ2) is 5.51. The molecular formula is C14H12Cl2N2O. The summed E-state index contributed by atoms with van der Waals surface area (Å²) in [6.45, 7) is 1.88. The van der Waals surface area contributed by atoms with Crippen LogP contribution in [0.1, 0.15) is 11.1 Å². The maximum absolute atomic E-state index is 7.38. The van der Waals surface area contributed by atoms with Gasteiger partial charge in [0, 0.05) is 10.6 Å². The zero-order valence-corrected chi connectivity index (χ0v) is 11.7. The molecule has 0 fully saturated rings. The van der Waals surface area contributed by atoms with Gasteiger partial charge in [0.25, 0.3) is 0 Å². The summed E-state index contributed by atoms with van der Waals surface area (Å²) < 4.78 is 5.73. The van der Waals surface area contributed by atoms with Crippen molar-refractivity contribution in [2.75, 3.05) is 0 Å². The lowest BCUT2D eigenvalue weighted by Gasteiger charge is -2.11. The zero-order valence-electron chi connectivity index (χ0n) is 10.2. The van der Waals surface area contributed by atoms with Gasteiger partial charge in [0.15, 0.2) is 0 Å². The summed E-state index contributed by atoms with van der Waals surface area (Å²) in [6, 6.07) is 10.3. The first-order valence-corrected chi connectivity index (χ1v) is 6.31. The molecule has 5 heteroatoms. The molecule has 0 heterocycles. The summed E-state index contributed by atoms with van der Waals surface area (Å²) >= 11 is 11.9. The van der Waals surface area contributed by atoms with Crippen LogP contribution in [0.15, 0.2) is 36.4 Å². The molecule has 0 aromatic heterocycles. The van der Waals surface area contributed by atoms with Crippen molar-refractivity contribution in [1.29, 1.82) is 5.41 Å². The van der Waals surface area contributed by atoms with Gasteiger partial charge in [-0.3, -0.25) is 5.41 Å². The van der Waals surface area contributed by atoms with Gasteiger partial charge >= 0.3 is 0 Å². The Hall–Kier alpha value is -1.71. The monoisotopic (exact) mass is 294 g/mol. The molecule has 0 saturated carbocycles. The van der Waals surface area contributed by atoms with Crippen LogP contribution in [0.4, 0.5) is 0 Å². The molecule has 19 heavy (non-hydrogen) atoms. The van der Waals surface area contributed by atoms with Crippen molar-refractivity contribution in [3.63, 3.8) is 0 Å². The van der Waals surface area contributed by atoms with Gasteiger partial charge in [-0.15, -0.1) is 0 Å². The van der Waals surface area contributed by atoms with E-state index in [0.717, 1.165) is 5.56 Å². The molecule has 2 aromatic carbocycles. The van der Waals surface area contributed by atoms with Crippen LogP contribution in [0.2, 0.25) is 10.0 Å². The van der Waals surface area contributed by atoms with E-state index in [4.69, 9.17) is 39.1 Å². The van der Waals surface area contributed by atoms with E-state index in [1.165, 1.54) is 0 Å². The van der Waals surface area contributed by atoms with E-state index in [9.17, 15) is 0 Å². The number of aryl methyl sites for hydroxylation is 1. The Morgan fingerprint density at radius 2 is 1.79 bits per heavy atom. The molecule has 2 aromatic rings. The molecule has 0 aliphatic heterocycles. The minimum absolute atomic E-state index is 0.0270. The molecule has 0 atom stereocenters. The van der Waals surface area contributed by atoms with Crippen LogP contribution in [0.25, 0.3) is 0 Å². The van der Waals surface area contributed by atoms with Crippen LogP contribution in [0, 0.1) is 12.3 Å². The Morgan fingerprint density at radius 1 is 1.11 bits per heavy atom. The molecule has 0 aliphatic carbocycles. The lowest BCUT2D eigenvalue weighted by Crippen LogP contribution is -2.11. The number of hydrogen-bond donors (Lipinski definition) is 2. The van der Waals surface area contributed by atoms with Crippen molar-refractivity contribution in [3.05, 3.63) is 57.6 Å². The Kier molecular flexibility index (Phi) is 3.98. The lowest BCUT2D eigenvalue weighted by atomic mass is 10.1. The molecule has 2 rings (SSSR count). The summed E-state index contributed by atoms with van der Waals surface area (Å²) in [5.74, 6) is 1.22. The standard InChI is InChI=1S/C14H12Cl2N2O/c1-8-6-9(14(17)18)2-4-12(8)19-13-5-3-10(15)7-11(13)16/h2-7H,1H3,(H3,17,18). The number of benzene rings is 2. The minimum Gasteiger partial charge on any atom is -0.456 e. The summed E-state index contributed by atoms with van der Waals surface area (Å²) in [4.78, 5) is 0. The number of rotatable bonds is 3. The van der Waals surface area contributed by atoms with Gasteiger partial charge in [-0.2, -0.15) is 0 Å². The molecule has 0 amide bonds. The maximum atomic E-state index is 7.38. The summed E-state index contributed by atoms with van der Waals surface area (Å²) in [5.41, 5.74) is 6.97. The van der Waals surface area contributed by atoms with Gasteiger partial charge in [0.1, 0.15) is 17.3 Å². The van der Waals surface area contributed by atoms with Crippen LogP contribution in [-0.2, 0) is 0 Å². The van der Waals surface area contributed by atoms with Crippen molar-refractivity contribution >= 4 is 29.0 Å². The van der Waals surface area contributed by atoms with Crippen LogP contribution < -0.4 is 10.5 Å². The fourth-order valence-electron chi connectivity index (χ4n) is 1.61. The molecular weight excluding hydrogens is 283 g/mol. The maximum Gasteiger partial charge on any atom is 0.146 e. The molecule has 0 spiro atoms. The average Bonchev–Trinajstić information content (AvgIpc) is 2.34. The van der Waals surface area contributed by atoms with Crippen molar-refractivity contribution in [2.24, 2.45) is 5.73 Å². The SMILES string of the molecule is Cc1cc(C(=N)N)ccc1Oc1ccc(Cl)cc1Cl. The minimum atomic E-state index is 0.0270. The fourth-order valence-corrected chi connectivity index (χ4v) is 2.05. The summed E-state index contributed by atoms with van der Waals surface area (Å²) in [7, 11) is 0. The van der Waals surface area contributed by atoms with Crippen LogP contribution in [-0.4, -0.2) is 5.84 Å². The third-order valence-electron chi connectivity index (χ3n) is 2.60. The Bertz CT molecular complexity index is 641. The topological polar surface area (TPSA) is 59.1 Å². The Balaban J connectivity index is 2.31. The number of halogens is 2. The molecule has 0 radical (unpaired) electrons. The zero-order chi connectivity index (χ0) is 14.0. The third-order valence-corrected chi connectivity index (χ3v) is 3.13. The molecule has 3 nitrogen and oxygen atoms in total. The molecule has 0 aliphatic rings. The van der Waals surface area contributed by atoms with E-state index in [1.807, 2.05) is 6.92 Å². The lowest BCUT2D eigenvalue weighted by molar-refractivity contribution is 0.479. The number of nitrogens with two attached hydrogens (primary N) is 1. The molecule has 0 unspecified atom stereocenters. The highest BCUT2D eigenvalue weighted by Crippen LogP contribution is 2.33. The van der Waals surface area contributed by atoms with Gasteiger partial charge in [0.05, 0.1) is 5.02 Å². The van der Waals surface area contributed by atoms with Gasteiger partial charge in [-0.1, -0.05) is 23.2 Å². The second-order valence-electron chi connectivity index (χ2n) is 4.07. The number of amidine groups is 1. The van der Waals surface area contributed by atoms with Crippen LogP contribution in [0.5, 0.6) is 11.5 Å². The number of nitrogen functional groups attached to an aromatic ring is 1. The van der Waals surface area contributed by atoms with Gasteiger partial charge in [-0.25, -0.2) is 0 Å². The highest BCUT2D eigenvalue weighted by atomic mass is 35.5. The number of ether oxygens (including phenoxy) is 1. The Morgan fingerprint density at radius 3 is 2.37 bits per heavy atom. The molecule has 98 valence electrons. The third kappa shape index (κ3) is 3.19. The van der Waals surface area contributed by atoms with Crippen molar-refractivity contribution in [1.82, 2.24) is 0 Å². The highest BCUT2D eigenvalue weighted by Gasteiger charge is 2.07. The second-order valence-corrected chi connectivity index (χ2v) is 4.91. The Labute approximate surface area is 121 Å². The van der Waals surface area contributed by atoms with Crippen LogP contribution in [0.3, 0.4) is 0 Å². The fraction of sp³-hybridized carbons (Fsp3) is 0.0714. The van der Waals surface area contributed by atoms with Gasteiger partial charge in [-0.05, 0) is 48.9 Å². The van der Waals surface area contributed by atoms with Crippen molar-refractivity contribution < 1.29 is 4.74 Å². The molecule has 0 bridgehead atoms. The van der Waals surface area contributed by atoms with E-state index >= 15 is 0 Å². The van der Waals surface area contributed by atoms with Crippen LogP contribution >= 0.6 is 23.2 Å². The predicted octanol–water partition coefficient (Wildman–Crippen LogP) is 4.38. The predicted molar refractivity (Wildman–Crippen MR) is 78.7 cm³/mol. The number of hydrogen-bond acceptors (Lipinski definition) is 2. The van der Waals surface area contributed by atoms with Gasteiger partial charge < -0.3 is 10.5 Å². The van der Waals surface area contributed by atoms with E-state index in [2.05, 4.69) is 0 Å². The van der Waals surface area contributed by atoms with Gasteiger partial charge in [0.2, 0.25) is 0 Å². The first kappa shape index (κ1) is 13.7. The van der Waals surface area contributed by atoms with Crippen molar-refractivity contribution in [3.8, 4) is 11.5 Å². The number of nitrogens with one attached hydrogen (secondary N) is 1. The average molecular weight is 295 g/mol. The van der Waals surface area contributed by atoms with E-state index in [0.29, 0.717) is 27.1 Å². The molecule has 0 saturated heterocycles. The largest absolute Gasteiger partial charge is 0.456 e. The first-order chi connectivity index (χ1) is 8.97. The summed E-state index contributed by atoms with van der Waals surface area (Å²) in [6.07, 6.45) is 0. The van der Waals surface area contributed by atoms with E-state index < -0.39 is 0 Å².